The number of hydrogen-bond acceptors (Lipinski definition) is 3. The van der Waals surface area contributed by atoms with Crippen molar-refractivity contribution in [1.82, 2.24) is 5.32 Å². The average Bonchev–Trinajstić information content (AvgIpc) is 2.03. The Morgan fingerprint density at radius 3 is 2.50 bits per heavy atom. The first kappa shape index (κ1) is 10.7. The maximum absolute atomic E-state index is 10.8. The van der Waals surface area contributed by atoms with Gasteiger partial charge in [-0.3, -0.25) is 4.79 Å². The van der Waals surface area contributed by atoms with Crippen molar-refractivity contribution in [3.8, 4) is 0 Å². The van der Waals surface area contributed by atoms with E-state index in [-0.39, 0.29) is 5.91 Å². The zero-order valence-electron chi connectivity index (χ0n) is 7.51. The summed E-state index contributed by atoms with van der Waals surface area (Å²) in [6.07, 6.45) is 1.62. The molecule has 0 rings (SSSR count). The minimum Gasteiger partial charge on any atom is -0.466 e. The van der Waals surface area contributed by atoms with Gasteiger partial charge in [-0.25, -0.2) is 4.79 Å². The Kier molecular flexibility index (Phi) is 4.76. The van der Waals surface area contributed by atoms with E-state index in [4.69, 9.17) is 0 Å². The van der Waals surface area contributed by atoms with Gasteiger partial charge in [0.15, 0.2) is 0 Å². The Labute approximate surface area is 71.6 Å². The van der Waals surface area contributed by atoms with Crippen LogP contribution in [0.4, 0.5) is 0 Å². The zero-order chi connectivity index (χ0) is 9.56. The van der Waals surface area contributed by atoms with Crippen LogP contribution >= 0.6 is 0 Å². The first-order chi connectivity index (χ1) is 5.60. The Balaban J connectivity index is 4.02. The topological polar surface area (TPSA) is 55.4 Å². The normalized spacial score (nSPS) is 10.8. The first-order valence-electron chi connectivity index (χ1n) is 3.66. The summed E-state index contributed by atoms with van der Waals surface area (Å²) in [5.41, 5.74) is 0.494. The molecule has 0 unspecified atom stereocenters. The minimum absolute atomic E-state index is 0.118. The lowest BCUT2D eigenvalue weighted by Gasteiger charge is -2.01. The highest BCUT2D eigenvalue weighted by Crippen LogP contribution is 1.89. The van der Waals surface area contributed by atoms with Crippen LogP contribution < -0.4 is 5.32 Å². The average molecular weight is 171 g/mol. The number of esters is 1. The number of nitrogens with one attached hydrogen (secondary N) is 1. The second-order valence-corrected chi connectivity index (χ2v) is 2.25. The molecule has 0 aromatic rings. The predicted octanol–water partition coefficient (Wildman–Crippen LogP) is 0.589. The van der Waals surface area contributed by atoms with Crippen molar-refractivity contribution in [1.29, 1.82) is 0 Å². The highest BCUT2D eigenvalue weighted by Gasteiger charge is 1.99. The molecule has 0 aliphatic rings. The summed E-state index contributed by atoms with van der Waals surface area (Å²) in [6.45, 7) is 3.37. The van der Waals surface area contributed by atoms with Crippen LogP contribution in [0.25, 0.3) is 0 Å². The number of carbonyl (C=O) groups excluding carboxylic acids is 2. The Hall–Kier alpha value is -1.32. The van der Waals surface area contributed by atoms with Gasteiger partial charge in [-0.2, -0.15) is 0 Å². The van der Waals surface area contributed by atoms with Gasteiger partial charge in [-0.1, -0.05) is 6.92 Å². The molecule has 0 saturated heterocycles. The fourth-order valence-electron chi connectivity index (χ4n) is 0.580. The molecule has 0 radical (unpaired) electrons. The summed E-state index contributed by atoms with van der Waals surface area (Å²) in [5, 5.41) is 2.52. The molecule has 12 heavy (non-hydrogen) atoms. The maximum atomic E-state index is 10.8. The van der Waals surface area contributed by atoms with Crippen LogP contribution in [0, 0.1) is 0 Å². The number of ether oxygens (including phenoxy) is 1. The Morgan fingerprint density at radius 2 is 2.08 bits per heavy atom. The lowest BCUT2D eigenvalue weighted by atomic mass is 10.4. The predicted molar refractivity (Wildman–Crippen MR) is 44.2 cm³/mol. The van der Waals surface area contributed by atoms with Crippen molar-refractivity contribution in [2.75, 3.05) is 7.11 Å². The number of amides is 1. The molecule has 0 aromatic heterocycles. The van der Waals surface area contributed by atoms with E-state index in [1.165, 1.54) is 13.2 Å². The third kappa shape index (κ3) is 4.49. The number of hydrogen-bond donors (Lipinski definition) is 1. The number of carbonyl (C=O) groups is 2. The molecule has 4 nitrogen and oxygen atoms in total. The lowest BCUT2D eigenvalue weighted by Crippen LogP contribution is -2.20. The summed E-state index contributed by atoms with van der Waals surface area (Å²) < 4.78 is 4.37. The fraction of sp³-hybridized carbons (Fsp3) is 0.500. The molecule has 0 saturated carbocycles. The molecule has 0 heterocycles. The Bertz CT molecular complexity index is 208. The van der Waals surface area contributed by atoms with Gasteiger partial charge in [0.25, 0.3) is 0 Å². The van der Waals surface area contributed by atoms with Crippen molar-refractivity contribution in [2.45, 2.75) is 20.3 Å². The van der Waals surface area contributed by atoms with Gasteiger partial charge >= 0.3 is 5.97 Å². The van der Waals surface area contributed by atoms with Gasteiger partial charge in [0, 0.05) is 18.2 Å². The van der Waals surface area contributed by atoms with Crippen molar-refractivity contribution >= 4 is 11.9 Å². The molecule has 0 bridgehead atoms. The number of rotatable bonds is 3. The number of allylic oxidation sites excluding steroid dienone is 1. The summed E-state index contributed by atoms with van der Waals surface area (Å²) in [5.74, 6) is -0.587. The van der Waals surface area contributed by atoms with Crippen molar-refractivity contribution in [3.05, 3.63) is 11.8 Å². The van der Waals surface area contributed by atoms with Crippen LogP contribution in [0.1, 0.15) is 20.3 Å². The molecule has 0 aliphatic carbocycles. The molecule has 68 valence electrons. The van der Waals surface area contributed by atoms with Gasteiger partial charge < -0.3 is 10.1 Å². The molecule has 0 aliphatic heterocycles. The molecule has 0 fully saturated rings. The fourth-order valence-corrected chi connectivity index (χ4v) is 0.580. The van der Waals surface area contributed by atoms with Crippen molar-refractivity contribution < 1.29 is 14.3 Å². The molecule has 0 atom stereocenters. The van der Waals surface area contributed by atoms with Crippen LogP contribution in [0.3, 0.4) is 0 Å². The monoisotopic (exact) mass is 171 g/mol. The van der Waals surface area contributed by atoms with E-state index in [1.54, 1.807) is 13.8 Å². The molecule has 1 N–H and O–H groups in total. The van der Waals surface area contributed by atoms with Crippen molar-refractivity contribution in [2.24, 2.45) is 0 Å². The zero-order valence-corrected chi connectivity index (χ0v) is 7.51. The Morgan fingerprint density at radius 1 is 1.50 bits per heavy atom. The largest absolute Gasteiger partial charge is 0.466 e. The maximum Gasteiger partial charge on any atom is 0.332 e. The molecular formula is C8H13NO3. The highest BCUT2D eigenvalue weighted by atomic mass is 16.5. The highest BCUT2D eigenvalue weighted by molar-refractivity contribution is 5.84. The van der Waals surface area contributed by atoms with E-state index in [0.29, 0.717) is 12.1 Å². The van der Waals surface area contributed by atoms with E-state index >= 15 is 0 Å². The third-order valence-corrected chi connectivity index (χ3v) is 1.19. The van der Waals surface area contributed by atoms with E-state index in [1.807, 2.05) is 0 Å². The van der Waals surface area contributed by atoms with Crippen LogP contribution in [0.5, 0.6) is 0 Å². The molecular weight excluding hydrogens is 158 g/mol. The first-order valence-corrected chi connectivity index (χ1v) is 3.66. The lowest BCUT2D eigenvalue weighted by molar-refractivity contribution is -0.134. The quantitative estimate of drug-likeness (QED) is 0.499. The summed E-state index contributed by atoms with van der Waals surface area (Å²) in [7, 11) is 1.29. The van der Waals surface area contributed by atoms with Crippen LogP contribution in [-0.2, 0) is 14.3 Å². The van der Waals surface area contributed by atoms with Crippen molar-refractivity contribution in [3.63, 3.8) is 0 Å². The summed E-state index contributed by atoms with van der Waals surface area (Å²) in [4.78, 5) is 21.4. The van der Waals surface area contributed by atoms with E-state index in [0.717, 1.165) is 0 Å². The standard InChI is InChI=1S/C8H13NO3/c1-4-7(10)9-6(2)5-8(11)12-3/h5H,4H2,1-3H3,(H,9,10)/b6-5-. The smallest absolute Gasteiger partial charge is 0.332 e. The second-order valence-electron chi connectivity index (χ2n) is 2.25. The summed E-state index contributed by atoms with van der Waals surface area (Å²) >= 11 is 0. The van der Waals surface area contributed by atoms with Gasteiger partial charge in [0.1, 0.15) is 0 Å². The summed E-state index contributed by atoms with van der Waals surface area (Å²) in [6, 6.07) is 0. The molecule has 1 amide bonds. The van der Waals surface area contributed by atoms with E-state index in [2.05, 4.69) is 10.1 Å². The molecule has 0 aromatic carbocycles. The van der Waals surface area contributed by atoms with Gasteiger partial charge in [-0.15, -0.1) is 0 Å². The van der Waals surface area contributed by atoms with Crippen LogP contribution in [-0.4, -0.2) is 19.0 Å². The van der Waals surface area contributed by atoms with Gasteiger partial charge in [-0.05, 0) is 6.92 Å². The van der Waals surface area contributed by atoms with Gasteiger partial charge in [0.05, 0.1) is 7.11 Å². The second kappa shape index (κ2) is 5.35. The van der Waals surface area contributed by atoms with E-state index in [9.17, 15) is 9.59 Å². The van der Waals surface area contributed by atoms with Crippen LogP contribution in [0.2, 0.25) is 0 Å². The SMILES string of the molecule is CCC(=O)N/C(C)=C\C(=O)OC. The minimum atomic E-state index is -0.469. The number of methoxy groups -OCH3 is 1. The molecule has 4 heteroatoms. The van der Waals surface area contributed by atoms with Crippen LogP contribution in [0.15, 0.2) is 11.8 Å². The van der Waals surface area contributed by atoms with E-state index < -0.39 is 5.97 Å². The third-order valence-electron chi connectivity index (χ3n) is 1.19. The molecule has 0 spiro atoms. The van der Waals surface area contributed by atoms with Gasteiger partial charge in [0.2, 0.25) is 5.91 Å².